The molecule has 0 saturated carbocycles. The van der Waals surface area contributed by atoms with Crippen LogP contribution in [0.15, 0.2) is 0 Å². The number of hydrogen-bond acceptors (Lipinski definition) is 4. The predicted molar refractivity (Wildman–Crippen MR) is 56.7 cm³/mol. The van der Waals surface area contributed by atoms with Gasteiger partial charge >= 0.3 is 0 Å². The third-order valence-electron chi connectivity index (χ3n) is 2.71. The molecule has 2 N–H and O–H groups in total. The van der Waals surface area contributed by atoms with E-state index < -0.39 is 0 Å². The zero-order valence-corrected chi connectivity index (χ0v) is 9.47. The van der Waals surface area contributed by atoms with Crippen LogP contribution in [0.1, 0.15) is 12.8 Å². The van der Waals surface area contributed by atoms with Gasteiger partial charge in [0.15, 0.2) is 0 Å². The van der Waals surface area contributed by atoms with Crippen LogP contribution in [-0.2, 0) is 14.3 Å². The van der Waals surface area contributed by atoms with Crippen LogP contribution in [0.5, 0.6) is 0 Å². The Labute approximate surface area is 90.5 Å². The summed E-state index contributed by atoms with van der Waals surface area (Å²) in [5, 5.41) is 5.80. The summed E-state index contributed by atoms with van der Waals surface area (Å²) in [6, 6.07) is 0. The van der Waals surface area contributed by atoms with E-state index in [0.29, 0.717) is 32.7 Å². The van der Waals surface area contributed by atoms with Gasteiger partial charge < -0.3 is 20.1 Å². The number of carbonyl (C=O) groups is 1. The van der Waals surface area contributed by atoms with Gasteiger partial charge in [-0.3, -0.25) is 4.79 Å². The van der Waals surface area contributed by atoms with Gasteiger partial charge in [0, 0.05) is 39.6 Å². The van der Waals surface area contributed by atoms with Gasteiger partial charge in [0.1, 0.15) is 5.60 Å². The lowest BCUT2D eigenvalue weighted by Gasteiger charge is -2.25. The highest BCUT2D eigenvalue weighted by Gasteiger charge is 2.35. The van der Waals surface area contributed by atoms with Crippen LogP contribution in [-0.4, -0.2) is 52.0 Å². The van der Waals surface area contributed by atoms with Crippen LogP contribution in [0.3, 0.4) is 0 Å². The Morgan fingerprint density at radius 2 is 2.40 bits per heavy atom. The van der Waals surface area contributed by atoms with Gasteiger partial charge in [-0.1, -0.05) is 0 Å². The number of amides is 1. The molecule has 0 aromatic rings. The van der Waals surface area contributed by atoms with Crippen molar-refractivity contribution in [3.8, 4) is 0 Å². The normalized spacial score (nSPS) is 25.5. The van der Waals surface area contributed by atoms with E-state index in [0.717, 1.165) is 6.42 Å². The molecule has 0 bridgehead atoms. The largest absolute Gasteiger partial charge is 0.378 e. The molecule has 1 rings (SSSR count). The summed E-state index contributed by atoms with van der Waals surface area (Å²) in [6.07, 6.45) is 1.34. The molecule has 1 fully saturated rings. The van der Waals surface area contributed by atoms with Crippen LogP contribution in [0, 0.1) is 0 Å². The SMILES string of the molecule is CNCCC(=O)NCC1(OC)CCOC1. The van der Waals surface area contributed by atoms with Crippen molar-refractivity contribution in [3.63, 3.8) is 0 Å². The molecule has 0 radical (unpaired) electrons. The number of ether oxygens (including phenoxy) is 2. The molecule has 0 aromatic heterocycles. The zero-order chi connectivity index (χ0) is 11.1. The Bertz CT molecular complexity index is 203. The fourth-order valence-corrected chi connectivity index (χ4v) is 1.55. The topological polar surface area (TPSA) is 59.6 Å². The summed E-state index contributed by atoms with van der Waals surface area (Å²) < 4.78 is 10.7. The standard InChI is InChI=1S/C10H20N2O3/c1-11-5-3-9(13)12-7-10(14-2)4-6-15-8-10/h11H,3-8H2,1-2H3,(H,12,13). The van der Waals surface area contributed by atoms with E-state index in [9.17, 15) is 4.79 Å². The molecule has 0 aliphatic carbocycles. The minimum Gasteiger partial charge on any atom is -0.378 e. The maximum atomic E-state index is 11.4. The van der Waals surface area contributed by atoms with Crippen molar-refractivity contribution in [2.45, 2.75) is 18.4 Å². The molecule has 1 saturated heterocycles. The highest BCUT2D eigenvalue weighted by atomic mass is 16.5. The molecule has 0 aromatic carbocycles. The molecule has 5 nitrogen and oxygen atoms in total. The van der Waals surface area contributed by atoms with E-state index in [2.05, 4.69) is 10.6 Å². The molecule has 1 amide bonds. The van der Waals surface area contributed by atoms with Crippen molar-refractivity contribution in [2.75, 3.05) is 40.5 Å². The van der Waals surface area contributed by atoms with Gasteiger partial charge in [-0.05, 0) is 7.05 Å². The number of nitrogens with one attached hydrogen (secondary N) is 2. The van der Waals surface area contributed by atoms with Gasteiger partial charge in [-0.2, -0.15) is 0 Å². The Hall–Kier alpha value is -0.650. The van der Waals surface area contributed by atoms with E-state index >= 15 is 0 Å². The van der Waals surface area contributed by atoms with Crippen molar-refractivity contribution >= 4 is 5.91 Å². The van der Waals surface area contributed by atoms with Crippen LogP contribution in [0.2, 0.25) is 0 Å². The second-order valence-electron chi connectivity index (χ2n) is 3.82. The second-order valence-corrected chi connectivity index (χ2v) is 3.82. The third-order valence-corrected chi connectivity index (χ3v) is 2.71. The van der Waals surface area contributed by atoms with Crippen molar-refractivity contribution in [1.82, 2.24) is 10.6 Å². The van der Waals surface area contributed by atoms with E-state index in [1.165, 1.54) is 0 Å². The lowest BCUT2D eigenvalue weighted by molar-refractivity contribution is -0.122. The van der Waals surface area contributed by atoms with Gasteiger partial charge in [0.05, 0.1) is 6.61 Å². The molecule has 0 spiro atoms. The lowest BCUT2D eigenvalue weighted by Crippen LogP contribution is -2.45. The highest BCUT2D eigenvalue weighted by Crippen LogP contribution is 2.21. The molecule has 1 unspecified atom stereocenters. The number of methoxy groups -OCH3 is 1. The van der Waals surface area contributed by atoms with Crippen molar-refractivity contribution in [2.24, 2.45) is 0 Å². The average Bonchev–Trinajstić information content (AvgIpc) is 2.73. The molecular weight excluding hydrogens is 196 g/mol. The Morgan fingerprint density at radius 3 is 2.93 bits per heavy atom. The van der Waals surface area contributed by atoms with E-state index in [1.54, 1.807) is 7.11 Å². The first-order valence-electron chi connectivity index (χ1n) is 5.27. The minimum absolute atomic E-state index is 0.0488. The molecule has 88 valence electrons. The van der Waals surface area contributed by atoms with Gasteiger partial charge in [0.2, 0.25) is 5.91 Å². The van der Waals surface area contributed by atoms with Crippen LogP contribution >= 0.6 is 0 Å². The summed E-state index contributed by atoms with van der Waals surface area (Å²) >= 11 is 0. The van der Waals surface area contributed by atoms with Gasteiger partial charge in [0.25, 0.3) is 0 Å². The molecule has 5 heteroatoms. The summed E-state index contributed by atoms with van der Waals surface area (Å²) in [5.74, 6) is 0.0488. The smallest absolute Gasteiger partial charge is 0.221 e. The van der Waals surface area contributed by atoms with E-state index in [1.807, 2.05) is 7.05 Å². The van der Waals surface area contributed by atoms with Crippen molar-refractivity contribution < 1.29 is 14.3 Å². The molecule has 1 atom stereocenters. The summed E-state index contributed by atoms with van der Waals surface area (Å²) in [5.41, 5.74) is -0.310. The summed E-state index contributed by atoms with van der Waals surface area (Å²) in [7, 11) is 3.49. The zero-order valence-electron chi connectivity index (χ0n) is 9.47. The molecule has 15 heavy (non-hydrogen) atoms. The first-order chi connectivity index (χ1) is 7.22. The second kappa shape index (κ2) is 6.05. The summed E-state index contributed by atoms with van der Waals surface area (Å²) in [4.78, 5) is 11.4. The Kier molecular flexibility index (Phi) is 5.01. The predicted octanol–water partition coefficient (Wildman–Crippen LogP) is -0.482. The molecular formula is C10H20N2O3. The molecule has 1 aliphatic rings. The maximum Gasteiger partial charge on any atom is 0.221 e. The fraction of sp³-hybridized carbons (Fsp3) is 0.900. The van der Waals surface area contributed by atoms with Crippen LogP contribution in [0.25, 0.3) is 0 Å². The first-order valence-corrected chi connectivity index (χ1v) is 5.27. The number of carbonyl (C=O) groups excluding carboxylic acids is 1. The minimum atomic E-state index is -0.310. The first kappa shape index (κ1) is 12.4. The van der Waals surface area contributed by atoms with E-state index in [4.69, 9.17) is 9.47 Å². The summed E-state index contributed by atoms with van der Waals surface area (Å²) in [6.45, 7) is 2.50. The van der Waals surface area contributed by atoms with Crippen LogP contribution < -0.4 is 10.6 Å². The monoisotopic (exact) mass is 216 g/mol. The number of rotatable bonds is 6. The van der Waals surface area contributed by atoms with Crippen molar-refractivity contribution in [1.29, 1.82) is 0 Å². The molecule has 1 heterocycles. The average molecular weight is 216 g/mol. The fourth-order valence-electron chi connectivity index (χ4n) is 1.55. The molecule has 1 aliphatic heterocycles. The third kappa shape index (κ3) is 3.77. The van der Waals surface area contributed by atoms with Crippen LogP contribution in [0.4, 0.5) is 0 Å². The highest BCUT2D eigenvalue weighted by molar-refractivity contribution is 5.76. The Morgan fingerprint density at radius 1 is 1.60 bits per heavy atom. The quantitative estimate of drug-likeness (QED) is 0.629. The maximum absolute atomic E-state index is 11.4. The van der Waals surface area contributed by atoms with Gasteiger partial charge in [-0.25, -0.2) is 0 Å². The Balaban J connectivity index is 2.25. The van der Waals surface area contributed by atoms with E-state index in [-0.39, 0.29) is 11.5 Å². The van der Waals surface area contributed by atoms with Gasteiger partial charge in [-0.15, -0.1) is 0 Å². The number of hydrogen-bond donors (Lipinski definition) is 2. The lowest BCUT2D eigenvalue weighted by atomic mass is 10.0. The van der Waals surface area contributed by atoms with Crippen molar-refractivity contribution in [3.05, 3.63) is 0 Å².